The molecule has 9 heteroatoms. The zero-order chi connectivity index (χ0) is 25.9. The Hall–Kier alpha value is -4.30. The van der Waals surface area contributed by atoms with Gasteiger partial charge in [0.25, 0.3) is 5.91 Å². The lowest BCUT2D eigenvalue weighted by Crippen LogP contribution is -2.24. The first-order valence-corrected chi connectivity index (χ1v) is 11.2. The molecule has 0 atom stereocenters. The third-order valence-electron chi connectivity index (χ3n) is 4.85. The van der Waals surface area contributed by atoms with Crippen LogP contribution in [0.3, 0.4) is 0 Å². The number of methoxy groups -OCH3 is 2. The maximum Gasteiger partial charge on any atom is 0.345 e. The fraction of sp³-hybridized carbons (Fsp3) is 0.148. The van der Waals surface area contributed by atoms with Gasteiger partial charge in [0.05, 0.1) is 31.0 Å². The van der Waals surface area contributed by atoms with E-state index in [0.717, 1.165) is 5.56 Å². The van der Waals surface area contributed by atoms with Gasteiger partial charge in [0, 0.05) is 0 Å². The Kier molecular flexibility index (Phi) is 9.48. The van der Waals surface area contributed by atoms with Crippen molar-refractivity contribution in [3.63, 3.8) is 0 Å². The van der Waals surface area contributed by atoms with Crippen LogP contribution in [0.15, 0.2) is 78.4 Å². The van der Waals surface area contributed by atoms with Gasteiger partial charge in [-0.2, -0.15) is 5.10 Å². The van der Waals surface area contributed by atoms with Crippen molar-refractivity contribution in [1.82, 2.24) is 5.43 Å². The maximum atomic E-state index is 12.4. The van der Waals surface area contributed by atoms with Crippen molar-refractivity contribution in [1.29, 1.82) is 0 Å². The second-order valence-electron chi connectivity index (χ2n) is 7.34. The molecule has 0 saturated carbocycles. The Balaban J connectivity index is 1.57. The van der Waals surface area contributed by atoms with Crippen LogP contribution in [0.1, 0.15) is 21.5 Å². The van der Waals surface area contributed by atoms with Gasteiger partial charge in [0.1, 0.15) is 0 Å². The number of ether oxygens (including phenoxy) is 4. The lowest BCUT2D eigenvalue weighted by molar-refractivity contribution is -0.123. The summed E-state index contributed by atoms with van der Waals surface area (Å²) in [6.07, 6.45) is 3.91. The standard InChI is InChI=1S/C27H25ClN2O6/c1-4-7-18-10-12-22(24(14-18)33-2)35-17-26(31)30-29-16-19-11-13-23(25(15-19)34-3)36-27(32)20-8-5-6-9-21(20)28/h4-6,8-16H,1,7,17H2,2-3H3,(H,30,31)/b29-16-. The first-order chi connectivity index (χ1) is 17.4. The number of hydrogen-bond acceptors (Lipinski definition) is 7. The second-order valence-corrected chi connectivity index (χ2v) is 7.75. The molecule has 3 rings (SSSR count). The van der Waals surface area contributed by atoms with Crippen LogP contribution in [0.5, 0.6) is 23.0 Å². The minimum Gasteiger partial charge on any atom is -0.493 e. The van der Waals surface area contributed by atoms with E-state index >= 15 is 0 Å². The molecule has 8 nitrogen and oxygen atoms in total. The molecule has 0 fully saturated rings. The van der Waals surface area contributed by atoms with Crippen LogP contribution < -0.4 is 24.4 Å². The molecule has 0 unspecified atom stereocenters. The van der Waals surface area contributed by atoms with Crippen LogP contribution in [0.4, 0.5) is 0 Å². The summed E-state index contributed by atoms with van der Waals surface area (Å²) in [4.78, 5) is 24.6. The minimum absolute atomic E-state index is 0.213. The Morgan fingerprint density at radius 2 is 1.69 bits per heavy atom. The van der Waals surface area contributed by atoms with E-state index in [1.165, 1.54) is 20.4 Å². The van der Waals surface area contributed by atoms with Crippen molar-refractivity contribution < 1.29 is 28.5 Å². The number of nitrogens with one attached hydrogen (secondary N) is 1. The molecule has 0 aliphatic carbocycles. The van der Waals surface area contributed by atoms with Gasteiger partial charge < -0.3 is 18.9 Å². The van der Waals surface area contributed by atoms with Crippen molar-refractivity contribution in [2.75, 3.05) is 20.8 Å². The van der Waals surface area contributed by atoms with E-state index in [2.05, 4.69) is 17.1 Å². The zero-order valence-electron chi connectivity index (χ0n) is 19.8. The Morgan fingerprint density at radius 1 is 0.972 bits per heavy atom. The molecule has 36 heavy (non-hydrogen) atoms. The average Bonchev–Trinajstić information content (AvgIpc) is 2.88. The van der Waals surface area contributed by atoms with Crippen LogP contribution in [0, 0.1) is 0 Å². The SMILES string of the molecule is C=CCc1ccc(OCC(=O)N/N=C\c2ccc(OC(=O)c3ccccc3Cl)c(OC)c2)c(OC)c1. The number of esters is 1. The van der Waals surface area contributed by atoms with E-state index in [4.69, 9.17) is 30.5 Å². The molecular formula is C27H25ClN2O6. The summed E-state index contributed by atoms with van der Waals surface area (Å²) >= 11 is 6.05. The summed E-state index contributed by atoms with van der Waals surface area (Å²) in [6, 6.07) is 16.8. The number of hydrazone groups is 1. The predicted molar refractivity (Wildman–Crippen MR) is 138 cm³/mol. The molecule has 0 spiro atoms. The van der Waals surface area contributed by atoms with Crippen LogP contribution in [0.2, 0.25) is 5.02 Å². The topological polar surface area (TPSA) is 95.5 Å². The molecule has 0 saturated heterocycles. The first-order valence-electron chi connectivity index (χ1n) is 10.8. The predicted octanol–water partition coefficient (Wildman–Crippen LogP) is 4.83. The Bertz CT molecular complexity index is 1270. The van der Waals surface area contributed by atoms with Gasteiger partial charge >= 0.3 is 5.97 Å². The fourth-order valence-corrected chi connectivity index (χ4v) is 3.32. The Morgan fingerprint density at radius 3 is 2.42 bits per heavy atom. The molecule has 0 bridgehead atoms. The molecule has 0 heterocycles. The van der Waals surface area contributed by atoms with E-state index in [-0.39, 0.29) is 22.9 Å². The third kappa shape index (κ3) is 7.10. The van der Waals surface area contributed by atoms with Gasteiger partial charge in [-0.1, -0.05) is 35.9 Å². The van der Waals surface area contributed by atoms with E-state index < -0.39 is 11.9 Å². The number of amides is 1. The molecule has 3 aromatic carbocycles. The highest BCUT2D eigenvalue weighted by molar-refractivity contribution is 6.33. The van der Waals surface area contributed by atoms with Crippen LogP contribution in [-0.2, 0) is 11.2 Å². The molecule has 0 aromatic heterocycles. The Labute approximate surface area is 214 Å². The monoisotopic (exact) mass is 508 g/mol. The van der Waals surface area contributed by atoms with Gasteiger partial charge in [0.15, 0.2) is 29.6 Å². The first kappa shape index (κ1) is 26.3. The van der Waals surface area contributed by atoms with Gasteiger partial charge in [-0.25, -0.2) is 10.2 Å². The lowest BCUT2D eigenvalue weighted by Gasteiger charge is -2.11. The number of carbonyl (C=O) groups is 2. The molecule has 186 valence electrons. The van der Waals surface area contributed by atoms with Gasteiger partial charge in [-0.3, -0.25) is 4.79 Å². The van der Waals surface area contributed by atoms with Crippen LogP contribution in [0.25, 0.3) is 0 Å². The van der Waals surface area contributed by atoms with Crippen molar-refractivity contribution in [2.45, 2.75) is 6.42 Å². The highest BCUT2D eigenvalue weighted by Gasteiger charge is 2.15. The van der Waals surface area contributed by atoms with Crippen molar-refractivity contribution >= 4 is 29.7 Å². The summed E-state index contributed by atoms with van der Waals surface area (Å²) < 4.78 is 21.6. The lowest BCUT2D eigenvalue weighted by atomic mass is 10.1. The largest absolute Gasteiger partial charge is 0.493 e. The molecule has 0 radical (unpaired) electrons. The maximum absolute atomic E-state index is 12.4. The molecule has 0 aliphatic heterocycles. The summed E-state index contributed by atoms with van der Waals surface area (Å²) in [5, 5.41) is 4.22. The highest BCUT2D eigenvalue weighted by atomic mass is 35.5. The number of allylic oxidation sites excluding steroid dienone is 1. The number of benzene rings is 3. The van der Waals surface area contributed by atoms with E-state index in [0.29, 0.717) is 29.2 Å². The van der Waals surface area contributed by atoms with E-state index in [1.807, 2.05) is 12.1 Å². The summed E-state index contributed by atoms with van der Waals surface area (Å²) in [5.74, 6) is 0.413. The average molecular weight is 509 g/mol. The van der Waals surface area contributed by atoms with E-state index in [9.17, 15) is 9.59 Å². The van der Waals surface area contributed by atoms with Crippen molar-refractivity contribution in [2.24, 2.45) is 5.10 Å². The number of halogens is 1. The number of rotatable bonds is 11. The van der Waals surface area contributed by atoms with Gasteiger partial charge in [-0.15, -0.1) is 6.58 Å². The zero-order valence-corrected chi connectivity index (χ0v) is 20.6. The van der Waals surface area contributed by atoms with Crippen LogP contribution >= 0.6 is 11.6 Å². The summed E-state index contributed by atoms with van der Waals surface area (Å²) in [5.41, 5.74) is 4.25. The fourth-order valence-electron chi connectivity index (χ4n) is 3.11. The van der Waals surface area contributed by atoms with Crippen molar-refractivity contribution in [3.05, 3.63) is 95.0 Å². The van der Waals surface area contributed by atoms with Gasteiger partial charge in [0.2, 0.25) is 0 Å². The normalized spacial score (nSPS) is 10.5. The second kappa shape index (κ2) is 13.0. The van der Waals surface area contributed by atoms with E-state index in [1.54, 1.807) is 54.6 Å². The molecule has 0 aliphatic rings. The molecule has 1 N–H and O–H groups in total. The highest BCUT2D eigenvalue weighted by Crippen LogP contribution is 2.30. The van der Waals surface area contributed by atoms with Gasteiger partial charge in [-0.05, 0) is 60.0 Å². The number of carbonyl (C=O) groups excluding carboxylic acids is 2. The summed E-state index contributed by atoms with van der Waals surface area (Å²) in [6.45, 7) is 3.46. The quantitative estimate of drug-likeness (QED) is 0.131. The smallest absolute Gasteiger partial charge is 0.345 e. The molecule has 3 aromatic rings. The molecule has 1 amide bonds. The number of hydrogen-bond donors (Lipinski definition) is 1. The van der Waals surface area contributed by atoms with Crippen LogP contribution in [-0.4, -0.2) is 38.9 Å². The van der Waals surface area contributed by atoms with Crippen molar-refractivity contribution in [3.8, 4) is 23.0 Å². The summed E-state index contributed by atoms with van der Waals surface area (Å²) in [7, 11) is 2.97. The molecular weight excluding hydrogens is 484 g/mol. The third-order valence-corrected chi connectivity index (χ3v) is 5.18. The number of nitrogens with zero attached hydrogens (tertiary/aromatic N) is 1. The minimum atomic E-state index is -0.612.